The van der Waals surface area contributed by atoms with Gasteiger partial charge < -0.3 is 14.9 Å². The number of rotatable bonds is 3. The second kappa shape index (κ2) is 4.94. The van der Waals surface area contributed by atoms with Crippen LogP contribution in [-0.4, -0.2) is 12.9 Å². The molecule has 0 radical (unpaired) electrons. The average molecular weight is 285 g/mol. The van der Waals surface area contributed by atoms with Gasteiger partial charge in [-0.15, -0.1) is 0 Å². The van der Waals surface area contributed by atoms with Gasteiger partial charge in [0, 0.05) is 11.1 Å². The summed E-state index contributed by atoms with van der Waals surface area (Å²) in [5.41, 5.74) is 6.88. The first-order valence-electron chi connectivity index (χ1n) is 6.26. The molecule has 0 spiro atoms. The topological polar surface area (TPSA) is 65.5 Å². The molecule has 0 unspecified atom stereocenters. The molecule has 0 saturated heterocycles. The summed E-state index contributed by atoms with van der Waals surface area (Å²) < 4.78 is 23.7. The van der Waals surface area contributed by atoms with Gasteiger partial charge in [-0.2, -0.15) is 0 Å². The molecule has 0 fully saturated rings. The van der Waals surface area contributed by atoms with Crippen LogP contribution in [0.4, 0.5) is 10.1 Å². The van der Waals surface area contributed by atoms with E-state index < -0.39 is 0 Å². The number of hydrogen-bond donors (Lipinski definition) is 1. The molecule has 4 nitrogen and oxygen atoms in total. The van der Waals surface area contributed by atoms with Gasteiger partial charge in [0.1, 0.15) is 17.1 Å². The van der Waals surface area contributed by atoms with E-state index in [1.807, 2.05) is 0 Å². The van der Waals surface area contributed by atoms with Gasteiger partial charge in [-0.1, -0.05) is 0 Å². The fourth-order valence-electron chi connectivity index (χ4n) is 2.12. The van der Waals surface area contributed by atoms with Crippen LogP contribution >= 0.6 is 0 Å². The zero-order chi connectivity index (χ0) is 15.0. The quantitative estimate of drug-likeness (QED) is 0.591. The molecule has 0 amide bonds. The van der Waals surface area contributed by atoms with Crippen LogP contribution in [-0.2, 0) is 0 Å². The molecular weight excluding hydrogens is 273 g/mol. The summed E-state index contributed by atoms with van der Waals surface area (Å²) in [6.45, 7) is 0. The zero-order valence-electron chi connectivity index (χ0n) is 11.2. The molecule has 0 aliphatic rings. The van der Waals surface area contributed by atoms with Gasteiger partial charge >= 0.3 is 0 Å². The maximum atomic E-state index is 13.2. The standard InChI is InChI=1S/C16H12FNO3/c1-20-11-3-4-13(18)12(8-11)16(19)15-7-9-6-10(17)2-5-14(9)21-15/h2-8H,18H2,1H3. The molecule has 21 heavy (non-hydrogen) atoms. The lowest BCUT2D eigenvalue weighted by molar-refractivity contribution is 0.101. The molecule has 0 bridgehead atoms. The van der Waals surface area contributed by atoms with Crippen LogP contribution in [0.3, 0.4) is 0 Å². The van der Waals surface area contributed by atoms with E-state index >= 15 is 0 Å². The van der Waals surface area contributed by atoms with Gasteiger partial charge in [-0.05, 0) is 42.5 Å². The van der Waals surface area contributed by atoms with E-state index in [0.29, 0.717) is 22.4 Å². The number of ketones is 1. The number of nitrogens with two attached hydrogens (primary N) is 1. The van der Waals surface area contributed by atoms with Gasteiger partial charge in [0.2, 0.25) is 5.78 Å². The second-order valence-electron chi connectivity index (χ2n) is 4.58. The Morgan fingerprint density at radius 2 is 2.00 bits per heavy atom. The molecule has 106 valence electrons. The Labute approximate surface area is 119 Å². The van der Waals surface area contributed by atoms with Crippen LogP contribution in [0, 0.1) is 5.82 Å². The predicted octanol–water partition coefficient (Wildman–Crippen LogP) is 3.39. The van der Waals surface area contributed by atoms with Crippen molar-refractivity contribution in [3.8, 4) is 5.75 Å². The number of ether oxygens (including phenoxy) is 1. The number of furan rings is 1. The summed E-state index contributed by atoms with van der Waals surface area (Å²) in [4.78, 5) is 12.5. The van der Waals surface area contributed by atoms with Crippen molar-refractivity contribution in [2.24, 2.45) is 0 Å². The molecule has 3 rings (SSSR count). The smallest absolute Gasteiger partial charge is 0.230 e. The minimum Gasteiger partial charge on any atom is -0.497 e. The van der Waals surface area contributed by atoms with Crippen LogP contribution in [0.15, 0.2) is 46.9 Å². The van der Waals surface area contributed by atoms with Crippen molar-refractivity contribution >= 4 is 22.4 Å². The van der Waals surface area contributed by atoms with Crippen LogP contribution in [0.5, 0.6) is 5.75 Å². The molecule has 1 heterocycles. The molecule has 5 heteroatoms. The summed E-state index contributed by atoms with van der Waals surface area (Å²) in [5.74, 6) is -0.128. The Bertz CT molecular complexity index is 839. The molecule has 0 aliphatic carbocycles. The number of carbonyl (C=O) groups is 1. The van der Waals surface area contributed by atoms with Crippen molar-refractivity contribution < 1.29 is 18.3 Å². The molecule has 0 atom stereocenters. The van der Waals surface area contributed by atoms with E-state index in [0.717, 1.165) is 0 Å². The molecule has 2 aromatic carbocycles. The molecular formula is C16H12FNO3. The van der Waals surface area contributed by atoms with Gasteiger partial charge in [-0.25, -0.2) is 4.39 Å². The number of fused-ring (bicyclic) bond motifs is 1. The zero-order valence-corrected chi connectivity index (χ0v) is 11.2. The third-order valence-electron chi connectivity index (χ3n) is 3.21. The number of anilines is 1. The Hall–Kier alpha value is -2.82. The van der Waals surface area contributed by atoms with E-state index in [2.05, 4.69) is 0 Å². The third-order valence-corrected chi connectivity index (χ3v) is 3.21. The minimum atomic E-state index is -0.386. The first-order chi connectivity index (χ1) is 10.1. The number of methoxy groups -OCH3 is 1. The number of nitrogen functional groups attached to an aromatic ring is 1. The van der Waals surface area contributed by atoms with Crippen molar-refractivity contribution in [3.63, 3.8) is 0 Å². The Balaban J connectivity index is 2.07. The van der Waals surface area contributed by atoms with Crippen molar-refractivity contribution in [1.82, 2.24) is 0 Å². The average Bonchev–Trinajstić information content (AvgIpc) is 2.90. The van der Waals surface area contributed by atoms with Crippen molar-refractivity contribution in [3.05, 3.63) is 59.6 Å². The number of hydrogen-bond acceptors (Lipinski definition) is 4. The largest absolute Gasteiger partial charge is 0.497 e. The molecule has 1 aromatic heterocycles. The SMILES string of the molecule is COc1ccc(N)c(C(=O)c2cc3cc(F)ccc3o2)c1. The van der Waals surface area contributed by atoms with Crippen molar-refractivity contribution in [1.29, 1.82) is 0 Å². The highest BCUT2D eigenvalue weighted by Gasteiger charge is 2.18. The lowest BCUT2D eigenvalue weighted by Crippen LogP contribution is -2.04. The van der Waals surface area contributed by atoms with E-state index in [1.165, 1.54) is 31.4 Å². The molecule has 0 aliphatic heterocycles. The van der Waals surface area contributed by atoms with Crippen molar-refractivity contribution in [2.75, 3.05) is 12.8 Å². The summed E-state index contributed by atoms with van der Waals surface area (Å²) >= 11 is 0. The van der Waals surface area contributed by atoms with Gasteiger partial charge in [0.25, 0.3) is 0 Å². The van der Waals surface area contributed by atoms with Gasteiger partial charge in [-0.3, -0.25) is 4.79 Å². The van der Waals surface area contributed by atoms with Gasteiger partial charge in [0.05, 0.1) is 12.7 Å². The summed E-state index contributed by atoms with van der Waals surface area (Å²) in [6.07, 6.45) is 0. The molecule has 3 aromatic rings. The highest BCUT2D eigenvalue weighted by molar-refractivity contribution is 6.12. The van der Waals surface area contributed by atoms with Crippen LogP contribution in [0.2, 0.25) is 0 Å². The third kappa shape index (κ3) is 2.33. The number of carbonyl (C=O) groups excluding carboxylic acids is 1. The fourth-order valence-corrected chi connectivity index (χ4v) is 2.12. The van der Waals surface area contributed by atoms with Crippen LogP contribution in [0.1, 0.15) is 16.1 Å². The van der Waals surface area contributed by atoms with Crippen LogP contribution in [0.25, 0.3) is 11.0 Å². The highest BCUT2D eigenvalue weighted by atomic mass is 19.1. The maximum absolute atomic E-state index is 13.2. The Morgan fingerprint density at radius 3 is 2.76 bits per heavy atom. The van der Waals surface area contributed by atoms with Gasteiger partial charge in [0.15, 0.2) is 5.76 Å². The number of halogens is 1. The monoisotopic (exact) mass is 285 g/mol. The Morgan fingerprint density at radius 1 is 1.19 bits per heavy atom. The van der Waals surface area contributed by atoms with E-state index in [9.17, 15) is 9.18 Å². The first-order valence-corrected chi connectivity index (χ1v) is 6.26. The second-order valence-corrected chi connectivity index (χ2v) is 4.58. The van der Waals surface area contributed by atoms with Crippen molar-refractivity contribution in [2.45, 2.75) is 0 Å². The molecule has 0 saturated carbocycles. The van der Waals surface area contributed by atoms with E-state index in [4.69, 9.17) is 14.9 Å². The normalized spacial score (nSPS) is 10.8. The maximum Gasteiger partial charge on any atom is 0.230 e. The van der Waals surface area contributed by atoms with E-state index in [1.54, 1.807) is 18.2 Å². The van der Waals surface area contributed by atoms with E-state index in [-0.39, 0.29) is 22.9 Å². The lowest BCUT2D eigenvalue weighted by Gasteiger charge is -2.05. The fraction of sp³-hybridized carbons (Fsp3) is 0.0625. The summed E-state index contributed by atoms with van der Waals surface area (Å²) in [6, 6.07) is 10.4. The Kier molecular flexibility index (Phi) is 3.10. The highest BCUT2D eigenvalue weighted by Crippen LogP contribution is 2.26. The lowest BCUT2D eigenvalue weighted by atomic mass is 10.1. The molecule has 2 N–H and O–H groups in total. The number of benzene rings is 2. The first kappa shape index (κ1) is 13.2. The summed E-state index contributed by atoms with van der Waals surface area (Å²) in [7, 11) is 1.50. The minimum absolute atomic E-state index is 0.107. The summed E-state index contributed by atoms with van der Waals surface area (Å²) in [5, 5.41) is 0.528. The predicted molar refractivity (Wildman–Crippen MR) is 77.0 cm³/mol. The van der Waals surface area contributed by atoms with Crippen LogP contribution < -0.4 is 10.5 Å².